The van der Waals surface area contributed by atoms with Crippen molar-refractivity contribution in [1.82, 2.24) is 4.98 Å². The molecule has 4 nitrogen and oxygen atoms in total. The van der Waals surface area contributed by atoms with E-state index in [4.69, 9.17) is 0 Å². The van der Waals surface area contributed by atoms with E-state index in [-0.39, 0.29) is 0 Å². The van der Waals surface area contributed by atoms with Crippen LogP contribution in [-0.2, 0) is 10.0 Å². The molecule has 0 unspecified atom stereocenters. The van der Waals surface area contributed by atoms with Crippen LogP contribution in [0.4, 0.5) is 5.69 Å². The average molecular weight is 393 g/mol. The summed E-state index contributed by atoms with van der Waals surface area (Å²) in [7, 11) is -3.63. The first-order valence-electron chi connectivity index (χ1n) is 7.92. The highest BCUT2D eigenvalue weighted by atomic mass is 32.2. The average Bonchev–Trinajstić information content (AvgIpc) is 3.16. The number of hydrogen-bond acceptors (Lipinski definition) is 5. The number of sulfonamides is 1. The van der Waals surface area contributed by atoms with Crippen LogP contribution < -0.4 is 4.72 Å². The number of nitrogens with one attached hydrogen (secondary N) is 1. The normalized spacial score (nSPS) is 11.9. The zero-order valence-corrected chi connectivity index (χ0v) is 17.0. The molecular weight excluding hydrogens is 372 g/mol. The molecule has 0 aliphatic carbocycles. The number of thiazole rings is 1. The predicted molar refractivity (Wildman–Crippen MR) is 106 cm³/mol. The number of aryl methyl sites for hydroxylation is 2. The van der Waals surface area contributed by atoms with E-state index in [1.54, 1.807) is 23.5 Å². The Hall–Kier alpha value is -1.70. The minimum atomic E-state index is -3.63. The quantitative estimate of drug-likeness (QED) is 0.631. The SMILES string of the molecule is Cc1ccccc1NS(=O)(=O)c1cc(-c2nc(C(C)C)cs2)sc1C. The van der Waals surface area contributed by atoms with Gasteiger partial charge < -0.3 is 0 Å². The van der Waals surface area contributed by atoms with Crippen LogP contribution in [0.3, 0.4) is 0 Å². The van der Waals surface area contributed by atoms with Crippen molar-refractivity contribution < 1.29 is 8.42 Å². The second kappa shape index (κ2) is 6.90. The largest absolute Gasteiger partial charge is 0.279 e. The topological polar surface area (TPSA) is 59.1 Å². The molecule has 0 fully saturated rings. The van der Waals surface area contributed by atoms with E-state index in [1.807, 2.05) is 37.4 Å². The molecule has 0 spiro atoms. The molecule has 0 amide bonds. The summed E-state index contributed by atoms with van der Waals surface area (Å²) in [5.41, 5.74) is 2.53. The van der Waals surface area contributed by atoms with Gasteiger partial charge in [0.05, 0.1) is 16.3 Å². The van der Waals surface area contributed by atoms with Gasteiger partial charge in [-0.1, -0.05) is 32.0 Å². The Balaban J connectivity index is 1.95. The Morgan fingerprint density at radius 3 is 2.52 bits per heavy atom. The fourth-order valence-corrected chi connectivity index (χ4v) is 6.16. The van der Waals surface area contributed by atoms with Crippen molar-refractivity contribution in [1.29, 1.82) is 0 Å². The summed E-state index contributed by atoms with van der Waals surface area (Å²) >= 11 is 3.02. The van der Waals surface area contributed by atoms with Crippen LogP contribution in [0, 0.1) is 13.8 Å². The van der Waals surface area contributed by atoms with Gasteiger partial charge in [0, 0.05) is 10.3 Å². The summed E-state index contributed by atoms with van der Waals surface area (Å²) in [4.78, 5) is 6.59. The molecule has 0 atom stereocenters. The molecule has 0 aliphatic rings. The molecule has 7 heteroatoms. The summed E-state index contributed by atoms with van der Waals surface area (Å²) in [6.45, 7) is 7.91. The van der Waals surface area contributed by atoms with Crippen LogP contribution in [0.15, 0.2) is 40.6 Å². The standard InChI is InChI=1S/C18H20N2O2S3/c1-11(2)15-10-23-18(19-15)16-9-17(13(4)24-16)25(21,22)20-14-8-6-5-7-12(14)3/h5-11,20H,1-4H3. The number of rotatable bonds is 5. The molecule has 0 saturated carbocycles. The molecule has 3 rings (SSSR count). The van der Waals surface area contributed by atoms with Crippen molar-refractivity contribution in [2.24, 2.45) is 0 Å². The van der Waals surface area contributed by atoms with E-state index >= 15 is 0 Å². The third-order valence-corrected chi connectivity index (χ3v) is 7.58. The molecule has 0 radical (unpaired) electrons. The van der Waals surface area contributed by atoms with E-state index < -0.39 is 10.0 Å². The van der Waals surface area contributed by atoms with Crippen LogP contribution in [0.5, 0.6) is 0 Å². The second-order valence-corrected chi connectivity index (χ2v) is 9.95. The highest BCUT2D eigenvalue weighted by Gasteiger charge is 2.22. The van der Waals surface area contributed by atoms with Crippen LogP contribution in [0.2, 0.25) is 0 Å². The lowest BCUT2D eigenvalue weighted by molar-refractivity contribution is 0.601. The minimum Gasteiger partial charge on any atom is -0.279 e. The number of nitrogens with zero attached hydrogens (tertiary/aromatic N) is 1. The van der Waals surface area contributed by atoms with E-state index in [0.717, 1.165) is 26.0 Å². The van der Waals surface area contributed by atoms with Crippen LogP contribution in [0.1, 0.15) is 35.9 Å². The number of anilines is 1. The number of para-hydroxylation sites is 1. The van der Waals surface area contributed by atoms with Gasteiger partial charge in [0.15, 0.2) is 0 Å². The summed E-state index contributed by atoms with van der Waals surface area (Å²) in [6, 6.07) is 9.08. The molecule has 1 aromatic carbocycles. The number of thiophene rings is 1. The van der Waals surface area contributed by atoms with Crippen molar-refractivity contribution in [3.8, 4) is 9.88 Å². The smallest absolute Gasteiger partial charge is 0.263 e. The maximum Gasteiger partial charge on any atom is 0.263 e. The minimum absolute atomic E-state index is 0.317. The van der Waals surface area contributed by atoms with Gasteiger partial charge in [0.25, 0.3) is 10.0 Å². The lowest BCUT2D eigenvalue weighted by Gasteiger charge is -2.09. The van der Waals surface area contributed by atoms with Gasteiger partial charge in [-0.2, -0.15) is 0 Å². The molecule has 2 heterocycles. The molecule has 3 aromatic rings. The van der Waals surface area contributed by atoms with Crippen LogP contribution in [-0.4, -0.2) is 13.4 Å². The fraction of sp³-hybridized carbons (Fsp3) is 0.278. The second-order valence-electron chi connectivity index (χ2n) is 6.18. The molecule has 0 bridgehead atoms. The maximum atomic E-state index is 12.8. The van der Waals surface area contributed by atoms with Crippen molar-refractivity contribution in [2.45, 2.75) is 38.5 Å². The Labute approximate surface area is 156 Å². The van der Waals surface area contributed by atoms with E-state index in [0.29, 0.717) is 16.5 Å². The number of hydrogen-bond donors (Lipinski definition) is 1. The van der Waals surface area contributed by atoms with Crippen LogP contribution in [0.25, 0.3) is 9.88 Å². The summed E-state index contributed by atoms with van der Waals surface area (Å²) < 4.78 is 28.3. The Morgan fingerprint density at radius 2 is 1.88 bits per heavy atom. The van der Waals surface area contributed by atoms with Crippen molar-refractivity contribution >= 4 is 38.4 Å². The first-order valence-corrected chi connectivity index (χ1v) is 11.1. The molecule has 2 aromatic heterocycles. The molecule has 0 aliphatic heterocycles. The monoisotopic (exact) mass is 392 g/mol. The van der Waals surface area contributed by atoms with Gasteiger partial charge in [0.1, 0.15) is 9.90 Å². The van der Waals surface area contributed by atoms with E-state index in [2.05, 4.69) is 23.6 Å². The number of benzene rings is 1. The highest BCUT2D eigenvalue weighted by Crippen LogP contribution is 2.36. The first-order chi connectivity index (χ1) is 11.8. The predicted octanol–water partition coefficient (Wildman–Crippen LogP) is 5.41. The molecular formula is C18H20N2O2S3. The summed E-state index contributed by atoms with van der Waals surface area (Å²) in [6.07, 6.45) is 0. The van der Waals surface area contributed by atoms with E-state index in [9.17, 15) is 8.42 Å². The Kier molecular flexibility index (Phi) is 4.99. The summed E-state index contributed by atoms with van der Waals surface area (Å²) in [5, 5.41) is 2.91. The third kappa shape index (κ3) is 3.78. The highest BCUT2D eigenvalue weighted by molar-refractivity contribution is 7.93. The van der Waals surface area contributed by atoms with Crippen molar-refractivity contribution in [3.63, 3.8) is 0 Å². The maximum absolute atomic E-state index is 12.8. The first kappa shape index (κ1) is 18.1. The Morgan fingerprint density at radius 1 is 1.16 bits per heavy atom. The zero-order chi connectivity index (χ0) is 18.2. The summed E-state index contributed by atoms with van der Waals surface area (Å²) in [5.74, 6) is 0.358. The lowest BCUT2D eigenvalue weighted by Crippen LogP contribution is -2.13. The van der Waals surface area contributed by atoms with Crippen molar-refractivity contribution in [3.05, 3.63) is 51.8 Å². The van der Waals surface area contributed by atoms with Gasteiger partial charge in [-0.15, -0.1) is 22.7 Å². The van der Waals surface area contributed by atoms with Gasteiger partial charge in [-0.3, -0.25) is 4.72 Å². The van der Waals surface area contributed by atoms with Gasteiger partial charge in [-0.05, 0) is 37.5 Å². The molecule has 1 N–H and O–H groups in total. The molecule has 0 saturated heterocycles. The zero-order valence-electron chi connectivity index (χ0n) is 14.5. The van der Waals surface area contributed by atoms with Gasteiger partial charge >= 0.3 is 0 Å². The van der Waals surface area contributed by atoms with Crippen molar-refractivity contribution in [2.75, 3.05) is 4.72 Å². The third-order valence-electron chi connectivity index (χ3n) is 3.88. The fourth-order valence-electron chi connectivity index (χ4n) is 2.39. The lowest BCUT2D eigenvalue weighted by atomic mass is 10.2. The van der Waals surface area contributed by atoms with Gasteiger partial charge in [-0.25, -0.2) is 13.4 Å². The Bertz CT molecular complexity index is 1000. The molecule has 132 valence electrons. The van der Waals surface area contributed by atoms with E-state index in [1.165, 1.54) is 11.3 Å². The van der Waals surface area contributed by atoms with Crippen LogP contribution >= 0.6 is 22.7 Å². The molecule has 25 heavy (non-hydrogen) atoms. The van der Waals surface area contributed by atoms with Gasteiger partial charge in [0.2, 0.25) is 0 Å². The number of aromatic nitrogens is 1.